The zero-order chi connectivity index (χ0) is 12.9. The highest BCUT2D eigenvalue weighted by atomic mass is 15.4. The maximum Gasteiger partial charge on any atom is 0.0592 e. The van der Waals surface area contributed by atoms with Crippen LogP contribution in [0.2, 0.25) is 0 Å². The smallest absolute Gasteiger partial charge is 0.0592 e. The molecule has 0 N–H and O–H groups in total. The summed E-state index contributed by atoms with van der Waals surface area (Å²) in [4.78, 5) is 0. The Bertz CT molecular complexity index is 118. The normalized spacial score (nSPS) is 7.93. The predicted octanol–water partition coefficient (Wildman–Crippen LogP) is 5.10. The van der Waals surface area contributed by atoms with Gasteiger partial charge in [-0.2, -0.15) is 5.11 Å². The topological polar surface area (TPSA) is 37.1 Å². The van der Waals surface area contributed by atoms with Crippen molar-refractivity contribution in [1.29, 1.82) is 0 Å². The molecular formula is C12H29N3. The van der Waals surface area contributed by atoms with Gasteiger partial charge in [0.25, 0.3) is 0 Å². The predicted molar refractivity (Wildman–Crippen MR) is 72.7 cm³/mol. The second-order valence-electron chi connectivity index (χ2n) is 1.75. The summed E-state index contributed by atoms with van der Waals surface area (Å²) in [6, 6.07) is 0. The van der Waals surface area contributed by atoms with Crippen LogP contribution in [0.4, 0.5) is 0 Å². The summed E-state index contributed by atoms with van der Waals surface area (Å²) in [5.74, 6) is 0. The van der Waals surface area contributed by atoms with E-state index in [0.29, 0.717) is 6.54 Å². The van der Waals surface area contributed by atoms with E-state index in [-0.39, 0.29) is 0 Å². The second-order valence-corrected chi connectivity index (χ2v) is 1.75. The van der Waals surface area contributed by atoms with E-state index in [4.69, 9.17) is 0 Å². The Balaban J connectivity index is -0.0000000726. The van der Waals surface area contributed by atoms with E-state index in [1.54, 1.807) is 6.08 Å². The molecule has 0 spiro atoms. The lowest BCUT2D eigenvalue weighted by Crippen LogP contribution is -1.61. The van der Waals surface area contributed by atoms with Crippen molar-refractivity contribution in [3.63, 3.8) is 0 Å². The summed E-state index contributed by atoms with van der Waals surface area (Å²) in [6.45, 7) is 18.2. The Hall–Kier alpha value is -0.990. The molecule has 0 aromatic heterocycles. The fourth-order valence-corrected chi connectivity index (χ4v) is 0.177. The fourth-order valence-electron chi connectivity index (χ4n) is 0.177. The van der Waals surface area contributed by atoms with Crippen LogP contribution in [-0.4, -0.2) is 12.8 Å². The monoisotopic (exact) mass is 215 g/mol. The van der Waals surface area contributed by atoms with Crippen molar-refractivity contribution < 1.29 is 0 Å². The minimum Gasteiger partial charge on any atom is -0.169 e. The van der Waals surface area contributed by atoms with Gasteiger partial charge >= 0.3 is 0 Å². The first-order valence-corrected chi connectivity index (χ1v) is 5.84. The number of nitrogens with zero attached hydrogens (tertiary/aromatic N) is 3. The van der Waals surface area contributed by atoms with Crippen LogP contribution in [0.25, 0.3) is 0 Å². The first kappa shape index (κ1) is 23.7. The summed E-state index contributed by atoms with van der Waals surface area (Å²) in [7, 11) is 0. The molecule has 0 aliphatic rings. The van der Waals surface area contributed by atoms with Gasteiger partial charge in [0.05, 0.1) is 12.8 Å². The molecule has 92 valence electrons. The van der Waals surface area contributed by atoms with Crippen LogP contribution in [-0.2, 0) is 0 Å². The quantitative estimate of drug-likeness (QED) is 0.357. The Morgan fingerprint density at radius 3 is 1.67 bits per heavy atom. The highest BCUT2D eigenvalue weighted by Crippen LogP contribution is 1.73. The van der Waals surface area contributed by atoms with Crippen molar-refractivity contribution in [1.82, 2.24) is 0 Å². The van der Waals surface area contributed by atoms with Gasteiger partial charge in [-0.1, -0.05) is 54.5 Å². The standard InChI is InChI=1S/C5H9N3.C3H8.2C2H6/c1-3-5-7-8-6-4-2;1-3-2;2*1-2/h3,5H,1,4H2,2H3;3H2,1-2H3;2*1-2H3/b7-5-,8-6?;;;. The molecule has 3 heteroatoms. The molecule has 0 aliphatic heterocycles. The maximum atomic E-state index is 3.59. The molecule has 0 aliphatic carbocycles. The molecule has 3 nitrogen and oxygen atoms in total. The van der Waals surface area contributed by atoms with Crippen molar-refractivity contribution in [3.8, 4) is 0 Å². The third kappa shape index (κ3) is 98.1. The average Bonchev–Trinajstić information content (AvgIpc) is 2.31. The lowest BCUT2D eigenvalue weighted by atomic mass is 10.6. The molecule has 0 bridgehead atoms. The van der Waals surface area contributed by atoms with Gasteiger partial charge in [-0.15, -0.1) is 5.10 Å². The zero-order valence-electron chi connectivity index (χ0n) is 11.6. The number of rotatable bonds is 3. The highest BCUT2D eigenvalue weighted by molar-refractivity contribution is 5.69. The average molecular weight is 215 g/mol. The van der Waals surface area contributed by atoms with E-state index in [9.17, 15) is 0 Å². The van der Waals surface area contributed by atoms with Crippen LogP contribution in [0.3, 0.4) is 0 Å². The third-order valence-corrected chi connectivity index (χ3v) is 0.428. The van der Waals surface area contributed by atoms with Gasteiger partial charge in [-0.3, -0.25) is 0 Å². The molecule has 0 heterocycles. The molecule has 0 saturated carbocycles. The summed E-state index contributed by atoms with van der Waals surface area (Å²) in [6.07, 6.45) is 4.29. The van der Waals surface area contributed by atoms with Crippen LogP contribution in [0, 0.1) is 0 Å². The van der Waals surface area contributed by atoms with Gasteiger partial charge in [0.1, 0.15) is 0 Å². The third-order valence-electron chi connectivity index (χ3n) is 0.428. The van der Waals surface area contributed by atoms with Gasteiger partial charge in [-0.05, 0) is 18.2 Å². The maximum absolute atomic E-state index is 3.59. The Morgan fingerprint density at radius 1 is 1.00 bits per heavy atom. The Labute approximate surface area is 96.4 Å². The molecule has 15 heavy (non-hydrogen) atoms. The SMILES string of the molecule is C=C/C=N\N=NCC.CC.CC.CCC. The summed E-state index contributed by atoms with van der Waals surface area (Å²) >= 11 is 0. The van der Waals surface area contributed by atoms with Crippen LogP contribution in [0.1, 0.15) is 54.9 Å². The molecule has 0 unspecified atom stereocenters. The zero-order valence-corrected chi connectivity index (χ0v) is 11.6. The van der Waals surface area contributed by atoms with E-state index in [1.165, 1.54) is 12.6 Å². The summed E-state index contributed by atoms with van der Waals surface area (Å²) < 4.78 is 0. The van der Waals surface area contributed by atoms with Crippen molar-refractivity contribution in [3.05, 3.63) is 12.7 Å². The van der Waals surface area contributed by atoms with Crippen molar-refractivity contribution in [2.75, 3.05) is 6.54 Å². The largest absolute Gasteiger partial charge is 0.169 e. The number of hydrogen-bond acceptors (Lipinski definition) is 2. The van der Waals surface area contributed by atoms with Gasteiger partial charge in [0.2, 0.25) is 0 Å². The minimum atomic E-state index is 0.675. The van der Waals surface area contributed by atoms with Crippen molar-refractivity contribution in [2.24, 2.45) is 15.4 Å². The number of allylic oxidation sites excluding steroid dienone is 1. The molecule has 0 aromatic carbocycles. The molecule has 0 saturated heterocycles. The lowest BCUT2D eigenvalue weighted by Gasteiger charge is -1.71. The van der Waals surface area contributed by atoms with Gasteiger partial charge in [0, 0.05) is 0 Å². The molecule has 0 fully saturated rings. The van der Waals surface area contributed by atoms with Gasteiger partial charge in [-0.25, -0.2) is 0 Å². The molecule has 0 aromatic rings. The molecule has 0 rings (SSSR count). The summed E-state index contributed by atoms with van der Waals surface area (Å²) in [5, 5.41) is 10.5. The van der Waals surface area contributed by atoms with Crippen molar-refractivity contribution >= 4 is 6.21 Å². The highest BCUT2D eigenvalue weighted by Gasteiger charge is 1.60. The Morgan fingerprint density at radius 2 is 1.40 bits per heavy atom. The van der Waals surface area contributed by atoms with E-state index in [0.717, 1.165) is 0 Å². The molecular weight excluding hydrogens is 186 g/mol. The number of hydrogen-bond donors (Lipinski definition) is 0. The lowest BCUT2D eigenvalue weighted by molar-refractivity contribution is 0.931. The van der Waals surface area contributed by atoms with E-state index in [1.807, 2.05) is 34.6 Å². The molecule has 0 amide bonds. The fraction of sp³-hybridized carbons (Fsp3) is 0.750. The van der Waals surface area contributed by atoms with Crippen LogP contribution in [0.15, 0.2) is 28.1 Å². The minimum absolute atomic E-state index is 0.675. The van der Waals surface area contributed by atoms with Gasteiger partial charge in [0.15, 0.2) is 0 Å². The summed E-state index contributed by atoms with van der Waals surface area (Å²) in [5.41, 5.74) is 0. The van der Waals surface area contributed by atoms with Crippen LogP contribution in [0.5, 0.6) is 0 Å². The van der Waals surface area contributed by atoms with Gasteiger partial charge < -0.3 is 0 Å². The van der Waals surface area contributed by atoms with E-state index < -0.39 is 0 Å². The first-order chi connectivity index (χ1) is 7.33. The van der Waals surface area contributed by atoms with Crippen LogP contribution >= 0.6 is 0 Å². The Kier molecular flexibility index (Phi) is 82.0. The van der Waals surface area contributed by atoms with E-state index in [2.05, 4.69) is 35.9 Å². The van der Waals surface area contributed by atoms with Crippen molar-refractivity contribution in [2.45, 2.75) is 54.9 Å². The van der Waals surface area contributed by atoms with E-state index >= 15 is 0 Å². The second kappa shape index (κ2) is 52.0. The first-order valence-electron chi connectivity index (χ1n) is 5.84. The molecule has 0 radical (unpaired) electrons. The molecule has 0 atom stereocenters. The van der Waals surface area contributed by atoms with Crippen LogP contribution < -0.4 is 0 Å².